The predicted molar refractivity (Wildman–Crippen MR) is 59.2 cm³/mol. The number of rotatable bonds is 3. The molecule has 0 radical (unpaired) electrons. The van der Waals surface area contributed by atoms with Crippen LogP contribution in [0.2, 0.25) is 0 Å². The van der Waals surface area contributed by atoms with Crippen molar-refractivity contribution in [2.75, 3.05) is 11.5 Å². The fourth-order valence-corrected chi connectivity index (χ4v) is 1.43. The number of nitrogens with zero attached hydrogens (tertiary/aromatic N) is 1. The smallest absolute Gasteiger partial charge is 0.278 e. The van der Waals surface area contributed by atoms with E-state index >= 15 is 0 Å². The zero-order valence-corrected chi connectivity index (χ0v) is 9.24. The van der Waals surface area contributed by atoms with Gasteiger partial charge >= 0.3 is 0 Å². The monoisotopic (exact) mass is 237 g/mol. The number of H-pyrrole nitrogens is 1. The predicted octanol–water partition coefficient (Wildman–Crippen LogP) is 0.982. The number of nitrogens with two attached hydrogens (primary N) is 1. The Morgan fingerprint density at radius 3 is 2.79 bits per heavy atom. The average molecular weight is 238 g/mol. The van der Waals surface area contributed by atoms with Crippen molar-refractivity contribution in [3.63, 3.8) is 0 Å². The molecule has 0 saturated heterocycles. The van der Waals surface area contributed by atoms with Gasteiger partial charge in [-0.05, 0) is 6.42 Å². The molecule has 0 aromatic carbocycles. The molecule has 7 heteroatoms. The SMILES string of the molecule is CCCSc1nc(O)c(N)c(=O)[nH]1.Cl. The third kappa shape index (κ3) is 3.12. The lowest BCUT2D eigenvalue weighted by molar-refractivity contribution is 0.447. The van der Waals surface area contributed by atoms with E-state index in [0.29, 0.717) is 5.16 Å². The maximum absolute atomic E-state index is 11.0. The Balaban J connectivity index is 0.00000169. The van der Waals surface area contributed by atoms with Crippen LogP contribution in [0.5, 0.6) is 5.88 Å². The minimum Gasteiger partial charge on any atom is -0.492 e. The molecule has 0 saturated carbocycles. The second kappa shape index (κ2) is 5.77. The minimum atomic E-state index is -0.494. The molecule has 0 unspecified atom stereocenters. The molecule has 0 aliphatic heterocycles. The van der Waals surface area contributed by atoms with Crippen LogP contribution < -0.4 is 11.3 Å². The highest BCUT2D eigenvalue weighted by Crippen LogP contribution is 2.17. The zero-order valence-electron chi connectivity index (χ0n) is 7.61. The number of halogens is 1. The molecule has 0 bridgehead atoms. The largest absolute Gasteiger partial charge is 0.492 e. The summed E-state index contributed by atoms with van der Waals surface area (Å²) in [6.07, 6.45) is 0.972. The molecule has 14 heavy (non-hydrogen) atoms. The lowest BCUT2D eigenvalue weighted by atomic mass is 10.5. The molecular weight excluding hydrogens is 226 g/mol. The quantitative estimate of drug-likeness (QED) is 0.539. The van der Waals surface area contributed by atoms with Crippen molar-refractivity contribution < 1.29 is 5.11 Å². The lowest BCUT2D eigenvalue weighted by Crippen LogP contribution is -2.13. The Morgan fingerprint density at radius 1 is 1.64 bits per heavy atom. The molecule has 80 valence electrons. The molecule has 0 aliphatic carbocycles. The first-order chi connectivity index (χ1) is 6.15. The van der Waals surface area contributed by atoms with E-state index in [0.717, 1.165) is 12.2 Å². The third-order valence-electron chi connectivity index (χ3n) is 1.36. The summed E-state index contributed by atoms with van der Waals surface area (Å²) in [5, 5.41) is 9.51. The second-order valence-corrected chi connectivity index (χ2v) is 3.54. The molecule has 5 nitrogen and oxygen atoms in total. The van der Waals surface area contributed by atoms with Crippen LogP contribution in [-0.2, 0) is 0 Å². The molecule has 1 aromatic heterocycles. The molecule has 0 aliphatic rings. The number of thioether (sulfide) groups is 1. The Morgan fingerprint density at radius 2 is 2.29 bits per heavy atom. The van der Waals surface area contributed by atoms with Gasteiger partial charge in [-0.1, -0.05) is 18.7 Å². The van der Waals surface area contributed by atoms with E-state index in [4.69, 9.17) is 10.8 Å². The first kappa shape index (κ1) is 13.1. The van der Waals surface area contributed by atoms with Crippen LogP contribution in [0.1, 0.15) is 13.3 Å². The van der Waals surface area contributed by atoms with Crippen LogP contribution in [0.25, 0.3) is 0 Å². The normalized spacial score (nSPS) is 9.50. The van der Waals surface area contributed by atoms with Gasteiger partial charge in [0.2, 0.25) is 5.88 Å². The Hall–Kier alpha value is -0.880. The summed E-state index contributed by atoms with van der Waals surface area (Å²) in [5.41, 5.74) is 4.48. The van der Waals surface area contributed by atoms with Gasteiger partial charge in [0, 0.05) is 5.75 Å². The highest BCUT2D eigenvalue weighted by molar-refractivity contribution is 7.99. The van der Waals surface area contributed by atoms with Crippen LogP contribution in [0.15, 0.2) is 9.95 Å². The highest BCUT2D eigenvalue weighted by atomic mass is 35.5. The summed E-state index contributed by atoms with van der Waals surface area (Å²) in [4.78, 5) is 17.2. The van der Waals surface area contributed by atoms with E-state index < -0.39 is 11.4 Å². The molecule has 0 fully saturated rings. The molecule has 0 amide bonds. The van der Waals surface area contributed by atoms with Crippen LogP contribution in [-0.4, -0.2) is 20.8 Å². The van der Waals surface area contributed by atoms with Gasteiger partial charge in [-0.15, -0.1) is 12.4 Å². The van der Waals surface area contributed by atoms with Gasteiger partial charge in [0.05, 0.1) is 0 Å². The summed E-state index contributed by atoms with van der Waals surface area (Å²) >= 11 is 1.38. The van der Waals surface area contributed by atoms with Gasteiger partial charge in [0.1, 0.15) is 0 Å². The van der Waals surface area contributed by atoms with Gasteiger partial charge in [-0.3, -0.25) is 9.78 Å². The zero-order chi connectivity index (χ0) is 9.84. The summed E-state index contributed by atoms with van der Waals surface area (Å²) in [6.45, 7) is 2.02. The van der Waals surface area contributed by atoms with Crippen LogP contribution in [0, 0.1) is 0 Å². The standard InChI is InChI=1S/C7H11N3O2S.ClH/c1-2-3-13-7-9-5(11)4(8)6(12)10-7;/h2-3,8H2,1H3,(H2,9,10,11,12);1H. The van der Waals surface area contributed by atoms with Crippen LogP contribution >= 0.6 is 24.2 Å². The maximum atomic E-state index is 11.0. The molecule has 0 spiro atoms. The number of nitrogens with one attached hydrogen (secondary N) is 1. The first-order valence-corrected chi connectivity index (χ1v) is 4.85. The van der Waals surface area contributed by atoms with Gasteiger partial charge < -0.3 is 10.8 Å². The lowest BCUT2D eigenvalue weighted by Gasteiger charge is -2.00. The number of aromatic hydroxyl groups is 1. The fourth-order valence-electron chi connectivity index (χ4n) is 0.717. The Bertz CT molecular complexity index is 355. The number of aromatic amines is 1. The number of hydrogen-bond donors (Lipinski definition) is 3. The number of nitrogen functional groups attached to an aromatic ring is 1. The van der Waals surface area contributed by atoms with E-state index in [1.807, 2.05) is 6.92 Å². The first-order valence-electron chi connectivity index (χ1n) is 3.86. The van der Waals surface area contributed by atoms with E-state index in [9.17, 15) is 4.79 Å². The summed E-state index contributed by atoms with van der Waals surface area (Å²) in [6, 6.07) is 0. The number of anilines is 1. The molecular formula is C7H12ClN3O2S. The third-order valence-corrected chi connectivity index (χ3v) is 2.44. The molecule has 0 atom stereocenters. The second-order valence-electron chi connectivity index (χ2n) is 2.46. The summed E-state index contributed by atoms with van der Waals surface area (Å²) < 4.78 is 0. The summed E-state index contributed by atoms with van der Waals surface area (Å²) in [5.74, 6) is 0.439. The summed E-state index contributed by atoms with van der Waals surface area (Å²) in [7, 11) is 0. The maximum Gasteiger partial charge on any atom is 0.278 e. The van der Waals surface area contributed by atoms with Crippen molar-refractivity contribution in [2.24, 2.45) is 0 Å². The molecule has 1 aromatic rings. The van der Waals surface area contributed by atoms with Crippen molar-refractivity contribution in [2.45, 2.75) is 18.5 Å². The van der Waals surface area contributed by atoms with E-state index in [1.165, 1.54) is 11.8 Å². The Kier molecular flexibility index (Phi) is 5.40. The minimum absolute atomic E-state index is 0. The van der Waals surface area contributed by atoms with Gasteiger partial charge in [0.25, 0.3) is 5.56 Å². The topological polar surface area (TPSA) is 92.0 Å². The number of hydrogen-bond acceptors (Lipinski definition) is 5. The van der Waals surface area contributed by atoms with Crippen molar-refractivity contribution in [3.05, 3.63) is 10.4 Å². The van der Waals surface area contributed by atoms with E-state index in [-0.39, 0.29) is 18.1 Å². The van der Waals surface area contributed by atoms with E-state index in [2.05, 4.69) is 9.97 Å². The number of aromatic nitrogens is 2. The average Bonchev–Trinajstić information content (AvgIpc) is 2.10. The van der Waals surface area contributed by atoms with Crippen molar-refractivity contribution in [1.29, 1.82) is 0 Å². The molecule has 1 heterocycles. The molecule has 4 N–H and O–H groups in total. The highest BCUT2D eigenvalue weighted by Gasteiger charge is 2.06. The van der Waals surface area contributed by atoms with Gasteiger partial charge in [-0.2, -0.15) is 4.98 Å². The van der Waals surface area contributed by atoms with Gasteiger partial charge in [-0.25, -0.2) is 0 Å². The van der Waals surface area contributed by atoms with Crippen LogP contribution in [0.4, 0.5) is 5.69 Å². The van der Waals surface area contributed by atoms with Gasteiger partial charge in [0.15, 0.2) is 10.8 Å². The van der Waals surface area contributed by atoms with Crippen molar-refractivity contribution >= 4 is 29.9 Å². The van der Waals surface area contributed by atoms with Crippen molar-refractivity contribution in [1.82, 2.24) is 9.97 Å². The molecule has 1 rings (SSSR count). The fraction of sp³-hybridized carbons (Fsp3) is 0.429. The van der Waals surface area contributed by atoms with E-state index in [1.54, 1.807) is 0 Å². The Labute approximate surface area is 91.5 Å². The van der Waals surface area contributed by atoms with Crippen molar-refractivity contribution in [3.8, 4) is 5.88 Å². The van der Waals surface area contributed by atoms with Crippen LogP contribution in [0.3, 0.4) is 0 Å².